The number of fused-ring (bicyclic) bond motifs is 5. The molecule has 5 heteroatoms. The van der Waals surface area contributed by atoms with E-state index in [1.807, 2.05) is 0 Å². The maximum atomic E-state index is 11.5. The quantitative estimate of drug-likeness (QED) is 0.571. The summed E-state index contributed by atoms with van der Waals surface area (Å²) in [6, 6.07) is 0. The molecule has 0 bridgehead atoms. The average Bonchev–Trinajstić information content (AvgIpc) is 3.00. The Morgan fingerprint density at radius 3 is 2.45 bits per heavy atom. The molecule has 0 aromatic heterocycles. The first-order chi connectivity index (χ1) is 13.6. The van der Waals surface area contributed by atoms with E-state index in [-0.39, 0.29) is 53.1 Å². The first-order valence-electron chi connectivity index (χ1n) is 11.8. The van der Waals surface area contributed by atoms with E-state index < -0.39 is 12.1 Å². The fourth-order valence-electron chi connectivity index (χ4n) is 8.77. The Labute approximate surface area is 174 Å². The molecule has 0 aliphatic heterocycles. The number of carbonyl (C=O) groups is 1. The van der Waals surface area contributed by atoms with Gasteiger partial charge in [-0.3, -0.25) is 4.79 Å². The highest BCUT2D eigenvalue weighted by Gasteiger charge is 2.65. The predicted octanol–water partition coefficient (Wildman–Crippen LogP) is 3.45. The third kappa shape index (κ3) is 3.27. The van der Waals surface area contributed by atoms with Crippen LogP contribution in [0.4, 0.5) is 0 Å². The van der Waals surface area contributed by atoms with Crippen LogP contribution in [-0.2, 0) is 4.79 Å². The third-order valence-corrected chi connectivity index (χ3v) is 10.3. The second kappa shape index (κ2) is 7.49. The van der Waals surface area contributed by atoms with Gasteiger partial charge in [-0.15, -0.1) is 0 Å². The zero-order valence-electron chi connectivity index (χ0n) is 18.3. The Hall–Kier alpha value is -0.650. The minimum absolute atomic E-state index is 0.00309. The summed E-state index contributed by atoms with van der Waals surface area (Å²) in [5.41, 5.74) is -0.257. The molecule has 4 fully saturated rings. The highest BCUT2D eigenvalue weighted by atomic mass is 16.4. The molecule has 4 rings (SSSR count). The maximum Gasteiger partial charge on any atom is 0.303 e. The van der Waals surface area contributed by atoms with Crippen LogP contribution in [0.3, 0.4) is 0 Å². The number of aliphatic hydroxyl groups excluding tert-OH is 3. The van der Waals surface area contributed by atoms with Crippen molar-refractivity contribution in [1.29, 1.82) is 0 Å². The number of hydrogen-bond donors (Lipinski definition) is 4. The molecule has 4 N–H and O–H groups in total. The molecule has 4 saturated carbocycles. The van der Waals surface area contributed by atoms with Gasteiger partial charge < -0.3 is 20.4 Å². The van der Waals surface area contributed by atoms with Crippen LogP contribution in [0.25, 0.3) is 0 Å². The topological polar surface area (TPSA) is 98.0 Å². The third-order valence-electron chi connectivity index (χ3n) is 10.3. The van der Waals surface area contributed by atoms with Crippen molar-refractivity contribution in [3.05, 3.63) is 0 Å². The van der Waals surface area contributed by atoms with Crippen LogP contribution in [0, 0.1) is 46.3 Å². The van der Waals surface area contributed by atoms with Crippen molar-refractivity contribution in [2.75, 3.05) is 0 Å². The molecule has 5 nitrogen and oxygen atoms in total. The van der Waals surface area contributed by atoms with Gasteiger partial charge in [0.15, 0.2) is 0 Å². The van der Waals surface area contributed by atoms with E-state index >= 15 is 0 Å². The maximum absolute atomic E-state index is 11.5. The lowest BCUT2D eigenvalue weighted by Gasteiger charge is -2.63. The number of aliphatic carboxylic acids is 1. The summed E-state index contributed by atoms with van der Waals surface area (Å²) in [7, 11) is 0. The number of hydrogen-bond acceptors (Lipinski definition) is 4. The van der Waals surface area contributed by atoms with Crippen LogP contribution >= 0.6 is 0 Å². The fourth-order valence-corrected chi connectivity index (χ4v) is 8.77. The van der Waals surface area contributed by atoms with Crippen molar-refractivity contribution in [3.8, 4) is 0 Å². The largest absolute Gasteiger partial charge is 0.481 e. The molecule has 4 aliphatic carbocycles. The van der Waals surface area contributed by atoms with Crippen LogP contribution in [-0.4, -0.2) is 44.7 Å². The molecule has 4 aliphatic rings. The van der Waals surface area contributed by atoms with Gasteiger partial charge in [-0.25, -0.2) is 0 Å². The zero-order chi connectivity index (χ0) is 21.1. The van der Waals surface area contributed by atoms with Crippen molar-refractivity contribution >= 4 is 5.97 Å². The van der Waals surface area contributed by atoms with Crippen LogP contribution < -0.4 is 0 Å². The zero-order valence-corrected chi connectivity index (χ0v) is 18.3. The minimum atomic E-state index is -0.752. The molecule has 0 radical (unpaired) electrons. The SMILES string of the molecule is C[C@H](CCC(=O)O)[C@H]1CC[C@H]2[C@@H]3[C@H](O)C[C@@H]4CC[C@H](O)C[C@]4(C)[C@H]3C[C@H](O)[C@]12C. The normalized spacial score (nSPS) is 52.9. The van der Waals surface area contributed by atoms with Crippen molar-refractivity contribution in [3.63, 3.8) is 0 Å². The lowest BCUT2D eigenvalue weighted by Crippen LogP contribution is -2.62. The van der Waals surface area contributed by atoms with Gasteiger partial charge >= 0.3 is 5.97 Å². The van der Waals surface area contributed by atoms with Gasteiger partial charge in [-0.05, 0) is 97.7 Å². The first kappa shape index (κ1) is 21.6. The van der Waals surface area contributed by atoms with Crippen LogP contribution in [0.2, 0.25) is 0 Å². The number of carboxylic acid groups (broad SMARTS) is 1. The predicted molar refractivity (Wildman–Crippen MR) is 110 cm³/mol. The average molecular weight is 409 g/mol. The van der Waals surface area contributed by atoms with Gasteiger partial charge in [0.25, 0.3) is 0 Å². The molecule has 0 aromatic carbocycles. The Balaban J connectivity index is 1.62. The molecule has 0 aromatic rings. The van der Waals surface area contributed by atoms with E-state index in [9.17, 15) is 20.1 Å². The van der Waals surface area contributed by atoms with Crippen LogP contribution in [0.15, 0.2) is 0 Å². The van der Waals surface area contributed by atoms with E-state index in [1.54, 1.807) is 0 Å². The van der Waals surface area contributed by atoms with E-state index in [0.29, 0.717) is 24.7 Å². The number of rotatable bonds is 4. The van der Waals surface area contributed by atoms with Gasteiger partial charge in [0.2, 0.25) is 0 Å². The Bertz CT molecular complexity index is 637. The first-order valence-corrected chi connectivity index (χ1v) is 11.8. The second-order valence-electron chi connectivity index (χ2n) is 11.4. The highest BCUT2D eigenvalue weighted by Crippen LogP contribution is 2.68. The van der Waals surface area contributed by atoms with Crippen molar-refractivity contribution in [1.82, 2.24) is 0 Å². The molecule has 166 valence electrons. The molecule has 11 atom stereocenters. The molecule has 0 unspecified atom stereocenters. The summed E-state index contributed by atoms with van der Waals surface area (Å²) in [5.74, 6) is 0.966. The Kier molecular flexibility index (Phi) is 5.57. The van der Waals surface area contributed by atoms with Gasteiger partial charge in [0, 0.05) is 6.42 Å². The molecular formula is C24H40O5. The van der Waals surface area contributed by atoms with Crippen molar-refractivity contribution in [2.45, 2.75) is 96.9 Å². The molecular weight excluding hydrogens is 368 g/mol. The summed E-state index contributed by atoms with van der Waals surface area (Å²) in [6.07, 6.45) is 5.98. The van der Waals surface area contributed by atoms with Crippen LogP contribution in [0.5, 0.6) is 0 Å². The molecule has 29 heavy (non-hydrogen) atoms. The van der Waals surface area contributed by atoms with Gasteiger partial charge in [-0.2, -0.15) is 0 Å². The summed E-state index contributed by atoms with van der Waals surface area (Å²) >= 11 is 0. The standard InChI is InChI=1S/C24H40O5/c1-13(4-9-21(28)29)16-7-8-17-22-18(11-20(27)24(16,17)3)23(2)12-15(25)6-5-14(23)10-19(22)26/h13-20,22,25-27H,4-12H2,1-3H3,(H,28,29)/t13-,14+,15+,16-,17+,18+,19-,20+,22+,23+,24-/m1/s1. The molecule has 0 amide bonds. The van der Waals surface area contributed by atoms with E-state index in [2.05, 4.69) is 20.8 Å². The number of aliphatic hydroxyl groups is 3. The van der Waals surface area contributed by atoms with Gasteiger partial charge in [-0.1, -0.05) is 20.8 Å². The summed E-state index contributed by atoms with van der Waals surface area (Å²) < 4.78 is 0. The van der Waals surface area contributed by atoms with Gasteiger partial charge in [0.1, 0.15) is 0 Å². The lowest BCUT2D eigenvalue weighted by molar-refractivity contribution is -0.208. The smallest absolute Gasteiger partial charge is 0.303 e. The van der Waals surface area contributed by atoms with Crippen molar-refractivity contribution in [2.24, 2.45) is 46.3 Å². The molecule has 0 heterocycles. The summed E-state index contributed by atoms with van der Waals surface area (Å²) in [6.45, 7) is 6.66. The lowest BCUT2D eigenvalue weighted by atomic mass is 9.43. The van der Waals surface area contributed by atoms with E-state index in [4.69, 9.17) is 5.11 Å². The van der Waals surface area contributed by atoms with Gasteiger partial charge in [0.05, 0.1) is 18.3 Å². The molecule has 0 saturated heterocycles. The van der Waals surface area contributed by atoms with E-state index in [0.717, 1.165) is 38.5 Å². The van der Waals surface area contributed by atoms with E-state index in [1.165, 1.54) is 0 Å². The van der Waals surface area contributed by atoms with Crippen LogP contribution in [0.1, 0.15) is 78.6 Å². The highest BCUT2D eigenvalue weighted by molar-refractivity contribution is 5.66. The van der Waals surface area contributed by atoms with Crippen molar-refractivity contribution < 1.29 is 25.2 Å². The second-order valence-corrected chi connectivity index (χ2v) is 11.4. The monoisotopic (exact) mass is 408 g/mol. The Morgan fingerprint density at radius 2 is 1.76 bits per heavy atom. The fraction of sp³-hybridized carbons (Fsp3) is 0.958. The summed E-state index contributed by atoms with van der Waals surface area (Å²) in [5, 5.41) is 42.2. The minimum Gasteiger partial charge on any atom is -0.481 e. The Morgan fingerprint density at radius 1 is 1.03 bits per heavy atom. The summed E-state index contributed by atoms with van der Waals surface area (Å²) in [4.78, 5) is 11.1. The number of carboxylic acids is 1. The molecule has 0 spiro atoms.